The van der Waals surface area contributed by atoms with E-state index in [1.807, 2.05) is 42.2 Å². The molecule has 0 aliphatic carbocycles. The molecule has 134 valence electrons. The van der Waals surface area contributed by atoms with Gasteiger partial charge >= 0.3 is 0 Å². The standard InChI is InChI=1S/C18H27N3O2.ClH/c1-14(19)16-8-5-11-21(13-16)18(23)9-10-20-17(22)12-15-6-3-2-4-7-15;/h2-4,6-7,14,16H,5,8-13,19H2,1H3,(H,20,22);1H. The molecule has 1 fully saturated rings. The van der Waals surface area contributed by atoms with E-state index in [0.29, 0.717) is 25.3 Å². The topological polar surface area (TPSA) is 75.4 Å². The molecule has 0 saturated carbocycles. The van der Waals surface area contributed by atoms with Gasteiger partial charge < -0.3 is 16.0 Å². The molecule has 2 rings (SSSR count). The summed E-state index contributed by atoms with van der Waals surface area (Å²) in [4.78, 5) is 26.0. The zero-order valence-electron chi connectivity index (χ0n) is 14.2. The molecule has 2 amide bonds. The smallest absolute Gasteiger partial charge is 0.224 e. The van der Waals surface area contributed by atoms with Crippen LogP contribution in [0.15, 0.2) is 30.3 Å². The van der Waals surface area contributed by atoms with Crippen molar-refractivity contribution in [2.24, 2.45) is 11.7 Å². The highest BCUT2D eigenvalue weighted by Crippen LogP contribution is 2.19. The first kappa shape index (κ1) is 20.5. The molecule has 1 aromatic rings. The SMILES string of the molecule is CC(N)C1CCCN(C(=O)CCNC(=O)Cc2ccccc2)C1.Cl. The predicted molar refractivity (Wildman–Crippen MR) is 98.0 cm³/mol. The summed E-state index contributed by atoms with van der Waals surface area (Å²) in [6.45, 7) is 3.95. The third kappa shape index (κ3) is 6.49. The minimum absolute atomic E-state index is 0. The zero-order valence-corrected chi connectivity index (χ0v) is 15.1. The predicted octanol–water partition coefficient (Wildman–Crippen LogP) is 1.74. The second kappa shape index (κ2) is 10.3. The molecule has 0 aromatic heterocycles. The van der Waals surface area contributed by atoms with Gasteiger partial charge in [0, 0.05) is 32.1 Å². The molecule has 24 heavy (non-hydrogen) atoms. The minimum atomic E-state index is -0.0453. The number of nitrogens with two attached hydrogens (primary N) is 1. The first-order valence-corrected chi connectivity index (χ1v) is 8.40. The summed E-state index contributed by atoms with van der Waals surface area (Å²) in [6.07, 6.45) is 2.81. The number of halogens is 1. The van der Waals surface area contributed by atoms with Crippen molar-refractivity contribution in [2.75, 3.05) is 19.6 Å². The summed E-state index contributed by atoms with van der Waals surface area (Å²) in [5.74, 6) is 0.451. The summed E-state index contributed by atoms with van der Waals surface area (Å²) in [6, 6.07) is 9.72. The maximum atomic E-state index is 12.2. The van der Waals surface area contributed by atoms with E-state index in [-0.39, 0.29) is 30.3 Å². The van der Waals surface area contributed by atoms with E-state index in [2.05, 4.69) is 5.32 Å². The Labute approximate surface area is 150 Å². The van der Waals surface area contributed by atoms with Crippen molar-refractivity contribution >= 4 is 24.2 Å². The Bertz CT molecular complexity index is 522. The number of piperidine rings is 1. The largest absolute Gasteiger partial charge is 0.355 e. The van der Waals surface area contributed by atoms with Crippen LogP contribution in [-0.2, 0) is 16.0 Å². The van der Waals surface area contributed by atoms with E-state index in [9.17, 15) is 9.59 Å². The molecule has 6 heteroatoms. The molecule has 5 nitrogen and oxygen atoms in total. The second-order valence-corrected chi connectivity index (χ2v) is 6.36. The van der Waals surface area contributed by atoms with Crippen molar-refractivity contribution in [1.82, 2.24) is 10.2 Å². The molecule has 2 unspecified atom stereocenters. The molecule has 0 bridgehead atoms. The van der Waals surface area contributed by atoms with Crippen LogP contribution >= 0.6 is 12.4 Å². The number of carbonyl (C=O) groups is 2. The Morgan fingerprint density at radius 2 is 2.04 bits per heavy atom. The first-order chi connectivity index (χ1) is 11.1. The Morgan fingerprint density at radius 3 is 2.71 bits per heavy atom. The van der Waals surface area contributed by atoms with Crippen molar-refractivity contribution in [1.29, 1.82) is 0 Å². The van der Waals surface area contributed by atoms with Crippen molar-refractivity contribution in [3.63, 3.8) is 0 Å². The second-order valence-electron chi connectivity index (χ2n) is 6.36. The summed E-state index contributed by atoms with van der Waals surface area (Å²) in [5.41, 5.74) is 6.93. The van der Waals surface area contributed by atoms with Gasteiger partial charge in [-0.1, -0.05) is 30.3 Å². The summed E-state index contributed by atoms with van der Waals surface area (Å²) >= 11 is 0. The van der Waals surface area contributed by atoms with E-state index < -0.39 is 0 Å². The van der Waals surface area contributed by atoms with Gasteiger partial charge in [0.1, 0.15) is 0 Å². The Kier molecular flexibility index (Phi) is 8.79. The van der Waals surface area contributed by atoms with Crippen LogP contribution in [0.25, 0.3) is 0 Å². The number of hydrogen-bond acceptors (Lipinski definition) is 3. The quantitative estimate of drug-likeness (QED) is 0.818. The molecule has 0 radical (unpaired) electrons. The summed E-state index contributed by atoms with van der Waals surface area (Å²) in [5, 5.41) is 2.82. The summed E-state index contributed by atoms with van der Waals surface area (Å²) in [7, 11) is 0. The number of nitrogens with zero attached hydrogens (tertiary/aromatic N) is 1. The van der Waals surface area contributed by atoms with E-state index in [4.69, 9.17) is 5.73 Å². The average Bonchev–Trinajstić information content (AvgIpc) is 2.55. The number of hydrogen-bond donors (Lipinski definition) is 2. The molecule has 3 N–H and O–H groups in total. The zero-order chi connectivity index (χ0) is 16.7. The number of carbonyl (C=O) groups excluding carboxylic acids is 2. The van der Waals surface area contributed by atoms with Gasteiger partial charge in [0.05, 0.1) is 6.42 Å². The molecule has 1 aromatic carbocycles. The van der Waals surface area contributed by atoms with Crippen molar-refractivity contribution in [2.45, 2.75) is 38.6 Å². The van der Waals surface area contributed by atoms with Gasteiger partial charge in [-0.25, -0.2) is 0 Å². The Morgan fingerprint density at radius 1 is 1.33 bits per heavy atom. The van der Waals surface area contributed by atoms with Crippen molar-refractivity contribution < 1.29 is 9.59 Å². The lowest BCUT2D eigenvalue weighted by Gasteiger charge is -2.34. The highest BCUT2D eigenvalue weighted by molar-refractivity contribution is 5.85. The van der Waals surface area contributed by atoms with Gasteiger partial charge in [-0.3, -0.25) is 9.59 Å². The fraction of sp³-hybridized carbons (Fsp3) is 0.556. The third-order valence-electron chi connectivity index (χ3n) is 4.42. The molecule has 1 heterocycles. The minimum Gasteiger partial charge on any atom is -0.355 e. The molecule has 2 atom stereocenters. The molecule has 1 saturated heterocycles. The van der Waals surface area contributed by atoms with Crippen LogP contribution in [0.2, 0.25) is 0 Å². The lowest BCUT2D eigenvalue weighted by molar-refractivity contribution is -0.133. The lowest BCUT2D eigenvalue weighted by Crippen LogP contribution is -2.45. The van der Waals surface area contributed by atoms with E-state index in [0.717, 1.165) is 31.5 Å². The van der Waals surface area contributed by atoms with Crippen LogP contribution in [0.5, 0.6) is 0 Å². The van der Waals surface area contributed by atoms with Crippen molar-refractivity contribution in [3.05, 3.63) is 35.9 Å². The summed E-state index contributed by atoms with van der Waals surface area (Å²) < 4.78 is 0. The van der Waals surface area contributed by atoms with Crippen molar-refractivity contribution in [3.8, 4) is 0 Å². The van der Waals surface area contributed by atoms with E-state index in [1.54, 1.807) is 0 Å². The average molecular weight is 354 g/mol. The van der Waals surface area contributed by atoms with Gasteiger partial charge in [-0.15, -0.1) is 12.4 Å². The number of rotatable bonds is 6. The number of benzene rings is 1. The van der Waals surface area contributed by atoms with Crippen LogP contribution < -0.4 is 11.1 Å². The molecule has 1 aliphatic rings. The fourth-order valence-electron chi connectivity index (χ4n) is 2.98. The van der Waals surface area contributed by atoms with Crippen LogP contribution in [0.1, 0.15) is 31.7 Å². The Hall–Kier alpha value is -1.59. The fourth-order valence-corrected chi connectivity index (χ4v) is 2.98. The van der Waals surface area contributed by atoms with Gasteiger partial charge in [0.25, 0.3) is 0 Å². The number of likely N-dealkylation sites (tertiary alicyclic amines) is 1. The monoisotopic (exact) mass is 353 g/mol. The van der Waals surface area contributed by atoms with Gasteiger partial charge in [-0.2, -0.15) is 0 Å². The normalized spacial score (nSPS) is 18.4. The highest BCUT2D eigenvalue weighted by atomic mass is 35.5. The van der Waals surface area contributed by atoms with Gasteiger partial charge in [0.15, 0.2) is 0 Å². The number of amides is 2. The lowest BCUT2D eigenvalue weighted by atomic mass is 9.92. The molecule has 0 spiro atoms. The maximum absolute atomic E-state index is 12.2. The van der Waals surface area contributed by atoms with Gasteiger partial charge in [-0.05, 0) is 31.2 Å². The number of nitrogens with one attached hydrogen (secondary N) is 1. The molecular weight excluding hydrogens is 326 g/mol. The van der Waals surface area contributed by atoms with Crippen LogP contribution in [-0.4, -0.2) is 42.4 Å². The van der Waals surface area contributed by atoms with Crippen LogP contribution in [0, 0.1) is 5.92 Å². The van der Waals surface area contributed by atoms with E-state index >= 15 is 0 Å². The maximum Gasteiger partial charge on any atom is 0.224 e. The first-order valence-electron chi connectivity index (χ1n) is 8.40. The molecule has 1 aliphatic heterocycles. The van der Waals surface area contributed by atoms with Crippen LogP contribution in [0.4, 0.5) is 0 Å². The van der Waals surface area contributed by atoms with Gasteiger partial charge in [0.2, 0.25) is 11.8 Å². The van der Waals surface area contributed by atoms with Crippen LogP contribution in [0.3, 0.4) is 0 Å². The molecular formula is C18H28ClN3O2. The Balaban J connectivity index is 0.00000288. The third-order valence-corrected chi connectivity index (χ3v) is 4.42. The highest BCUT2D eigenvalue weighted by Gasteiger charge is 2.25. The van der Waals surface area contributed by atoms with E-state index in [1.165, 1.54) is 0 Å².